The lowest BCUT2D eigenvalue weighted by Gasteiger charge is -2.44. The van der Waals surface area contributed by atoms with E-state index in [9.17, 15) is 23.1 Å². The number of β-amino-alcohol motifs (C(OH)–C–C–N with tert-alkyl or cyclic N) is 1. The molecule has 1 amide bonds. The Balaban J connectivity index is 1.34. The van der Waals surface area contributed by atoms with Crippen LogP contribution in [0, 0.1) is 0 Å². The molecule has 6 nitrogen and oxygen atoms in total. The predicted octanol–water partition coefficient (Wildman–Crippen LogP) is 3.56. The molecule has 2 aromatic carbocycles. The molecule has 0 aliphatic carbocycles. The van der Waals surface area contributed by atoms with Crippen molar-refractivity contribution in [2.24, 2.45) is 0 Å². The molecule has 0 aromatic heterocycles. The summed E-state index contributed by atoms with van der Waals surface area (Å²) in [6.45, 7) is 1.46. The van der Waals surface area contributed by atoms with E-state index >= 15 is 0 Å². The maximum absolute atomic E-state index is 13.2. The summed E-state index contributed by atoms with van der Waals surface area (Å²) < 4.78 is 51.4. The SMILES string of the molecule is O=C(C[C@H]1CC[C@@H]2[C@H](COC[C@H](O)CN2Cc2cccc(C(F)(F)F)c2)O1)NCCc1ccccc1. The fraction of sp³-hybridized carbons (Fsp3) is 0.519. The fourth-order valence-corrected chi connectivity index (χ4v) is 4.98. The smallest absolute Gasteiger partial charge is 0.389 e. The Morgan fingerprint density at radius 1 is 1.06 bits per heavy atom. The third kappa shape index (κ3) is 7.52. The van der Waals surface area contributed by atoms with Crippen LogP contribution in [0.2, 0.25) is 0 Å². The molecule has 2 aliphatic rings. The molecule has 0 spiro atoms. The van der Waals surface area contributed by atoms with Gasteiger partial charge in [0.2, 0.25) is 5.91 Å². The monoisotopic (exact) mass is 506 g/mol. The second-order valence-corrected chi connectivity index (χ2v) is 9.55. The van der Waals surface area contributed by atoms with Crippen LogP contribution in [0.4, 0.5) is 13.2 Å². The first-order valence-electron chi connectivity index (χ1n) is 12.4. The van der Waals surface area contributed by atoms with Crippen molar-refractivity contribution in [3.05, 3.63) is 71.3 Å². The molecule has 9 heteroatoms. The summed E-state index contributed by atoms with van der Waals surface area (Å²) in [5.41, 5.74) is 0.993. The second kappa shape index (κ2) is 12.2. The van der Waals surface area contributed by atoms with E-state index in [2.05, 4.69) is 5.32 Å². The molecule has 36 heavy (non-hydrogen) atoms. The van der Waals surface area contributed by atoms with Gasteiger partial charge in [0, 0.05) is 25.7 Å². The summed E-state index contributed by atoms with van der Waals surface area (Å²) in [4.78, 5) is 14.5. The third-order valence-electron chi connectivity index (χ3n) is 6.72. The van der Waals surface area contributed by atoms with Crippen molar-refractivity contribution in [1.82, 2.24) is 10.2 Å². The van der Waals surface area contributed by atoms with E-state index in [1.165, 1.54) is 6.07 Å². The Morgan fingerprint density at radius 2 is 1.83 bits per heavy atom. The molecule has 2 saturated heterocycles. The first kappa shape index (κ1) is 26.6. The summed E-state index contributed by atoms with van der Waals surface area (Å²) in [6.07, 6.45) is -3.41. The van der Waals surface area contributed by atoms with Gasteiger partial charge in [-0.2, -0.15) is 13.2 Å². The van der Waals surface area contributed by atoms with Gasteiger partial charge >= 0.3 is 6.18 Å². The summed E-state index contributed by atoms with van der Waals surface area (Å²) in [7, 11) is 0. The lowest BCUT2D eigenvalue weighted by Crippen LogP contribution is -2.55. The van der Waals surface area contributed by atoms with Gasteiger partial charge in [-0.25, -0.2) is 0 Å². The topological polar surface area (TPSA) is 71.0 Å². The number of fused-ring (bicyclic) bond motifs is 1. The van der Waals surface area contributed by atoms with Gasteiger partial charge in [-0.05, 0) is 36.5 Å². The molecular weight excluding hydrogens is 473 g/mol. The number of carbonyl (C=O) groups is 1. The highest BCUT2D eigenvalue weighted by Crippen LogP contribution is 2.32. The van der Waals surface area contributed by atoms with Crippen molar-refractivity contribution < 1.29 is 32.5 Å². The van der Waals surface area contributed by atoms with E-state index in [1.54, 1.807) is 6.07 Å². The number of aliphatic hydroxyl groups excluding tert-OH is 1. The number of alkyl halides is 3. The number of nitrogens with zero attached hydrogens (tertiary/aromatic N) is 1. The largest absolute Gasteiger partial charge is 0.416 e. The molecule has 0 bridgehead atoms. The minimum Gasteiger partial charge on any atom is -0.389 e. The van der Waals surface area contributed by atoms with Crippen LogP contribution in [0.25, 0.3) is 0 Å². The van der Waals surface area contributed by atoms with Crippen molar-refractivity contribution in [3.8, 4) is 0 Å². The maximum atomic E-state index is 13.2. The Morgan fingerprint density at radius 3 is 2.61 bits per heavy atom. The van der Waals surface area contributed by atoms with E-state index in [1.807, 2.05) is 35.2 Å². The summed E-state index contributed by atoms with van der Waals surface area (Å²) in [5.74, 6) is -0.0719. The first-order chi connectivity index (χ1) is 17.3. The lowest BCUT2D eigenvalue weighted by atomic mass is 9.94. The molecule has 2 N–H and O–H groups in total. The van der Waals surface area contributed by atoms with Gasteiger partial charge in [0.15, 0.2) is 0 Å². The summed E-state index contributed by atoms with van der Waals surface area (Å²) in [5, 5.41) is 13.3. The van der Waals surface area contributed by atoms with Crippen LogP contribution >= 0.6 is 0 Å². The van der Waals surface area contributed by atoms with Gasteiger partial charge < -0.3 is 19.9 Å². The molecule has 4 atom stereocenters. The number of nitrogens with one attached hydrogen (secondary N) is 1. The molecule has 4 rings (SSSR count). The van der Waals surface area contributed by atoms with Gasteiger partial charge in [-0.1, -0.05) is 48.5 Å². The number of rotatable bonds is 7. The molecule has 0 unspecified atom stereocenters. The third-order valence-corrected chi connectivity index (χ3v) is 6.72. The van der Waals surface area contributed by atoms with Crippen molar-refractivity contribution >= 4 is 5.91 Å². The minimum absolute atomic E-state index is 0.0719. The molecule has 196 valence electrons. The van der Waals surface area contributed by atoms with E-state index in [4.69, 9.17) is 9.47 Å². The van der Waals surface area contributed by atoms with Gasteiger partial charge in [0.05, 0.1) is 43.5 Å². The molecular formula is C27H33F3N2O4. The average molecular weight is 507 g/mol. The summed E-state index contributed by atoms with van der Waals surface area (Å²) >= 11 is 0. The van der Waals surface area contributed by atoms with Crippen molar-refractivity contribution in [2.75, 3.05) is 26.3 Å². The van der Waals surface area contributed by atoms with E-state index in [0.717, 1.165) is 24.1 Å². The Hall–Kier alpha value is -2.46. The molecule has 0 saturated carbocycles. The lowest BCUT2D eigenvalue weighted by molar-refractivity contribution is -0.158. The normalized spacial score (nSPS) is 25.4. The Kier molecular flexibility index (Phi) is 9.00. The van der Waals surface area contributed by atoms with Gasteiger partial charge in [-0.3, -0.25) is 9.69 Å². The van der Waals surface area contributed by atoms with Crippen LogP contribution in [-0.2, 0) is 33.4 Å². The Labute approximate surface area is 209 Å². The van der Waals surface area contributed by atoms with Gasteiger partial charge in [0.25, 0.3) is 0 Å². The molecule has 2 fully saturated rings. The number of halogens is 3. The van der Waals surface area contributed by atoms with Crippen molar-refractivity contribution in [1.29, 1.82) is 0 Å². The highest BCUT2D eigenvalue weighted by molar-refractivity contribution is 5.76. The van der Waals surface area contributed by atoms with Gasteiger partial charge in [-0.15, -0.1) is 0 Å². The molecule has 2 aliphatic heterocycles. The number of hydrogen-bond acceptors (Lipinski definition) is 5. The highest BCUT2D eigenvalue weighted by Gasteiger charge is 2.38. The second-order valence-electron chi connectivity index (χ2n) is 9.55. The van der Waals surface area contributed by atoms with Crippen LogP contribution in [-0.4, -0.2) is 66.6 Å². The quantitative estimate of drug-likeness (QED) is 0.601. The van der Waals surface area contributed by atoms with Gasteiger partial charge in [0.1, 0.15) is 0 Å². The van der Waals surface area contributed by atoms with Crippen molar-refractivity contribution in [3.63, 3.8) is 0 Å². The van der Waals surface area contributed by atoms with Crippen LogP contribution < -0.4 is 5.32 Å². The summed E-state index contributed by atoms with van der Waals surface area (Å²) in [6, 6.07) is 15.1. The zero-order valence-electron chi connectivity index (χ0n) is 20.1. The molecule has 2 aromatic rings. The first-order valence-corrected chi connectivity index (χ1v) is 12.4. The molecule has 2 heterocycles. The van der Waals surface area contributed by atoms with Crippen molar-refractivity contribution in [2.45, 2.75) is 62.8 Å². The molecule has 0 radical (unpaired) electrons. The number of benzene rings is 2. The Bertz CT molecular complexity index is 988. The number of aliphatic hydroxyl groups is 1. The zero-order chi connectivity index (χ0) is 25.5. The van der Waals surface area contributed by atoms with Crippen LogP contribution in [0.5, 0.6) is 0 Å². The standard InChI is InChI=1S/C27H33F3N2O4/c28-27(29,30)21-8-4-7-20(13-21)15-32-16-22(33)17-35-18-25-24(32)10-9-23(36-25)14-26(34)31-12-11-19-5-2-1-3-6-19/h1-8,13,22-25,33H,9-12,14-18H2,(H,31,34)/t22-,23-,24-,25+/m1/s1. The average Bonchev–Trinajstić information content (AvgIpc) is 2.83. The van der Waals surface area contributed by atoms with Crippen LogP contribution in [0.1, 0.15) is 36.0 Å². The number of ether oxygens (including phenoxy) is 2. The van der Waals surface area contributed by atoms with Crippen LogP contribution in [0.15, 0.2) is 54.6 Å². The predicted molar refractivity (Wildman–Crippen MR) is 128 cm³/mol. The fourth-order valence-electron chi connectivity index (χ4n) is 4.98. The highest BCUT2D eigenvalue weighted by atomic mass is 19.4. The zero-order valence-corrected chi connectivity index (χ0v) is 20.1. The number of hydrogen-bond donors (Lipinski definition) is 2. The van der Waals surface area contributed by atoms with E-state index < -0.39 is 17.8 Å². The van der Waals surface area contributed by atoms with Crippen LogP contribution in [0.3, 0.4) is 0 Å². The number of carbonyl (C=O) groups excluding carboxylic acids is 1. The van der Waals surface area contributed by atoms with E-state index in [-0.39, 0.29) is 56.9 Å². The van der Waals surface area contributed by atoms with E-state index in [0.29, 0.717) is 24.9 Å². The maximum Gasteiger partial charge on any atom is 0.416 e. The minimum atomic E-state index is -4.41. The number of amides is 1.